The third-order valence-corrected chi connectivity index (χ3v) is 4.20. The Bertz CT molecular complexity index is 806. The van der Waals surface area contributed by atoms with Crippen molar-refractivity contribution in [3.05, 3.63) is 58.4 Å². The van der Waals surface area contributed by atoms with E-state index in [1.807, 2.05) is 19.1 Å². The molecule has 1 aliphatic heterocycles. The molecule has 0 amide bonds. The molecule has 0 radical (unpaired) electrons. The number of carboxylic acid groups (broad SMARTS) is 1. The first-order valence-electron chi connectivity index (χ1n) is 7.77. The topological polar surface area (TPSA) is 85.7 Å². The lowest BCUT2D eigenvalue weighted by atomic mass is 9.99. The van der Waals surface area contributed by atoms with E-state index in [1.165, 1.54) is 6.20 Å². The number of aliphatic carboxylic acids is 1. The summed E-state index contributed by atoms with van der Waals surface area (Å²) in [6.07, 6.45) is 2.04. The van der Waals surface area contributed by atoms with Crippen molar-refractivity contribution < 1.29 is 24.2 Å². The normalized spacial score (nSPS) is 18.6. The average Bonchev–Trinajstić information content (AvgIpc) is 2.92. The Labute approximate surface area is 149 Å². The molecule has 25 heavy (non-hydrogen) atoms. The summed E-state index contributed by atoms with van der Waals surface area (Å²) in [6.45, 7) is 1.86. The number of pyridine rings is 1. The second-order valence-electron chi connectivity index (χ2n) is 5.72. The molecule has 1 aliphatic rings. The number of rotatable bonds is 5. The van der Waals surface area contributed by atoms with E-state index in [0.717, 1.165) is 16.7 Å². The second kappa shape index (κ2) is 7.21. The van der Waals surface area contributed by atoms with Crippen molar-refractivity contribution in [1.29, 1.82) is 0 Å². The van der Waals surface area contributed by atoms with Crippen LogP contribution >= 0.6 is 11.6 Å². The van der Waals surface area contributed by atoms with Crippen LogP contribution in [-0.4, -0.2) is 22.0 Å². The zero-order valence-corrected chi connectivity index (χ0v) is 14.2. The van der Waals surface area contributed by atoms with E-state index in [9.17, 15) is 9.59 Å². The van der Waals surface area contributed by atoms with E-state index >= 15 is 0 Å². The van der Waals surface area contributed by atoms with Crippen molar-refractivity contribution in [1.82, 2.24) is 4.98 Å². The molecule has 1 N–H and O–H groups in total. The van der Waals surface area contributed by atoms with Crippen LogP contribution in [0.1, 0.15) is 48.7 Å². The van der Waals surface area contributed by atoms with Crippen molar-refractivity contribution in [2.24, 2.45) is 0 Å². The van der Waals surface area contributed by atoms with Gasteiger partial charge in [-0.1, -0.05) is 23.7 Å². The van der Waals surface area contributed by atoms with Crippen LogP contribution in [0.25, 0.3) is 0 Å². The fourth-order valence-electron chi connectivity index (χ4n) is 2.82. The van der Waals surface area contributed by atoms with Crippen LogP contribution in [0, 0.1) is 0 Å². The summed E-state index contributed by atoms with van der Waals surface area (Å²) in [5.74, 6) is -1.36. The molecule has 7 heteroatoms. The number of hydrogen-bond donors (Lipinski definition) is 1. The Kier molecular flexibility index (Phi) is 5.01. The number of aromatic nitrogens is 1. The standard InChI is InChI=1S/C18H16ClNO5/c1-10-17-13(18(24-10)11-2-4-12(19)5-3-11)8-20-9-14(17)25-16(23)7-6-15(21)22/h2-5,8-10,18H,6-7H2,1H3,(H,21,22). The maximum atomic E-state index is 11.8. The molecule has 2 unspecified atom stereocenters. The van der Waals surface area contributed by atoms with Gasteiger partial charge in [0.1, 0.15) is 6.10 Å². The lowest BCUT2D eigenvalue weighted by Gasteiger charge is -2.12. The van der Waals surface area contributed by atoms with E-state index in [4.69, 9.17) is 26.2 Å². The summed E-state index contributed by atoms with van der Waals surface area (Å²) >= 11 is 5.93. The molecule has 0 aliphatic carbocycles. The zero-order chi connectivity index (χ0) is 18.0. The molecule has 0 fully saturated rings. The van der Waals surface area contributed by atoms with Gasteiger partial charge in [-0.05, 0) is 24.6 Å². The van der Waals surface area contributed by atoms with Gasteiger partial charge >= 0.3 is 11.9 Å². The number of carbonyl (C=O) groups is 2. The molecule has 6 nitrogen and oxygen atoms in total. The molecule has 130 valence electrons. The predicted molar refractivity (Wildman–Crippen MR) is 89.5 cm³/mol. The van der Waals surface area contributed by atoms with Gasteiger partial charge in [-0.15, -0.1) is 0 Å². The third kappa shape index (κ3) is 3.81. The number of esters is 1. The van der Waals surface area contributed by atoms with Crippen LogP contribution < -0.4 is 4.74 Å². The first kappa shape index (κ1) is 17.4. The smallest absolute Gasteiger partial charge is 0.311 e. The Morgan fingerprint density at radius 3 is 2.64 bits per heavy atom. The van der Waals surface area contributed by atoms with Gasteiger partial charge in [0.15, 0.2) is 5.75 Å². The zero-order valence-electron chi connectivity index (χ0n) is 13.4. The summed E-state index contributed by atoms with van der Waals surface area (Å²) in [7, 11) is 0. The number of carbonyl (C=O) groups excluding carboxylic acids is 1. The van der Waals surface area contributed by atoms with Crippen molar-refractivity contribution >= 4 is 23.5 Å². The predicted octanol–water partition coefficient (Wildman–Crippen LogP) is 3.69. The van der Waals surface area contributed by atoms with E-state index < -0.39 is 11.9 Å². The van der Waals surface area contributed by atoms with Gasteiger partial charge in [0.2, 0.25) is 0 Å². The SMILES string of the molecule is CC1OC(c2ccc(Cl)cc2)c2cncc(OC(=O)CCC(=O)O)c21. The monoisotopic (exact) mass is 361 g/mol. The maximum Gasteiger partial charge on any atom is 0.311 e. The van der Waals surface area contributed by atoms with Crippen LogP contribution in [0.2, 0.25) is 5.02 Å². The maximum absolute atomic E-state index is 11.8. The van der Waals surface area contributed by atoms with E-state index in [2.05, 4.69) is 4.98 Å². The fourth-order valence-corrected chi connectivity index (χ4v) is 2.94. The number of nitrogens with zero attached hydrogens (tertiary/aromatic N) is 1. The molecular formula is C18H16ClNO5. The highest BCUT2D eigenvalue weighted by molar-refractivity contribution is 6.30. The first-order chi connectivity index (χ1) is 12.0. The van der Waals surface area contributed by atoms with Gasteiger partial charge in [-0.2, -0.15) is 0 Å². The minimum absolute atomic E-state index is 0.200. The Hall–Kier alpha value is -2.44. The number of hydrogen-bond acceptors (Lipinski definition) is 5. The highest BCUT2D eigenvalue weighted by atomic mass is 35.5. The van der Waals surface area contributed by atoms with E-state index in [0.29, 0.717) is 10.8 Å². The Morgan fingerprint density at radius 1 is 1.24 bits per heavy atom. The number of carboxylic acids is 1. The summed E-state index contributed by atoms with van der Waals surface area (Å²) < 4.78 is 11.3. The molecule has 2 atom stereocenters. The molecule has 0 saturated heterocycles. The molecular weight excluding hydrogens is 346 g/mol. The first-order valence-corrected chi connectivity index (χ1v) is 8.14. The molecule has 0 saturated carbocycles. The minimum Gasteiger partial charge on any atom is -0.481 e. The van der Waals surface area contributed by atoms with Crippen LogP contribution in [0.5, 0.6) is 5.75 Å². The molecule has 3 rings (SSSR count). The van der Waals surface area contributed by atoms with Crippen molar-refractivity contribution in [2.75, 3.05) is 0 Å². The van der Waals surface area contributed by atoms with Crippen LogP contribution in [0.4, 0.5) is 0 Å². The second-order valence-corrected chi connectivity index (χ2v) is 6.15. The van der Waals surface area contributed by atoms with Gasteiger partial charge in [0.25, 0.3) is 0 Å². The van der Waals surface area contributed by atoms with Gasteiger partial charge in [0, 0.05) is 22.3 Å². The Balaban J connectivity index is 1.86. The van der Waals surface area contributed by atoms with Crippen LogP contribution in [-0.2, 0) is 14.3 Å². The summed E-state index contributed by atoms with van der Waals surface area (Å²) in [4.78, 5) is 26.5. The number of halogens is 1. The Morgan fingerprint density at radius 2 is 1.96 bits per heavy atom. The van der Waals surface area contributed by atoms with Crippen LogP contribution in [0.15, 0.2) is 36.7 Å². The molecule has 1 aromatic carbocycles. The number of fused-ring (bicyclic) bond motifs is 1. The van der Waals surface area contributed by atoms with E-state index in [-0.39, 0.29) is 25.0 Å². The molecule has 1 aromatic heterocycles. The molecule has 2 heterocycles. The van der Waals surface area contributed by atoms with Crippen LogP contribution in [0.3, 0.4) is 0 Å². The largest absolute Gasteiger partial charge is 0.481 e. The van der Waals surface area contributed by atoms with Gasteiger partial charge in [-0.3, -0.25) is 14.6 Å². The lowest BCUT2D eigenvalue weighted by molar-refractivity contribution is -0.142. The number of ether oxygens (including phenoxy) is 2. The number of benzene rings is 1. The fraction of sp³-hybridized carbons (Fsp3) is 0.278. The highest BCUT2D eigenvalue weighted by Crippen LogP contribution is 2.46. The average molecular weight is 362 g/mol. The molecule has 0 spiro atoms. The molecule has 2 aromatic rings. The summed E-state index contributed by atoms with van der Waals surface area (Å²) in [5, 5.41) is 9.29. The summed E-state index contributed by atoms with van der Waals surface area (Å²) in [6, 6.07) is 7.32. The highest BCUT2D eigenvalue weighted by Gasteiger charge is 2.34. The quantitative estimate of drug-likeness (QED) is 0.817. The van der Waals surface area contributed by atoms with Crippen molar-refractivity contribution in [2.45, 2.75) is 32.0 Å². The third-order valence-electron chi connectivity index (χ3n) is 3.95. The van der Waals surface area contributed by atoms with Gasteiger partial charge < -0.3 is 14.6 Å². The van der Waals surface area contributed by atoms with Crippen molar-refractivity contribution in [3.8, 4) is 5.75 Å². The lowest BCUT2D eigenvalue weighted by Crippen LogP contribution is -2.12. The summed E-state index contributed by atoms with van der Waals surface area (Å²) in [5.41, 5.74) is 2.49. The molecule has 0 bridgehead atoms. The van der Waals surface area contributed by atoms with Gasteiger partial charge in [-0.25, -0.2) is 0 Å². The van der Waals surface area contributed by atoms with Gasteiger partial charge in [0.05, 0.1) is 25.1 Å². The van der Waals surface area contributed by atoms with Crippen molar-refractivity contribution in [3.63, 3.8) is 0 Å². The van der Waals surface area contributed by atoms with E-state index in [1.54, 1.807) is 18.3 Å². The minimum atomic E-state index is -1.05.